The van der Waals surface area contributed by atoms with Gasteiger partial charge in [0, 0.05) is 18.3 Å². The normalized spacial score (nSPS) is 14.6. The molecule has 1 unspecified atom stereocenters. The van der Waals surface area contributed by atoms with Crippen molar-refractivity contribution in [3.05, 3.63) is 118 Å². The summed E-state index contributed by atoms with van der Waals surface area (Å²) in [4.78, 5) is 4.13. The number of ether oxygens (including phenoxy) is 4. The molecule has 2 heterocycles. The van der Waals surface area contributed by atoms with Crippen LogP contribution in [0.5, 0.6) is 23.0 Å². The molecule has 0 saturated carbocycles. The minimum Gasteiger partial charge on any atom is -0.493 e. The quantitative estimate of drug-likeness (QED) is 0.210. The molecular weight excluding hydrogens is 524 g/mol. The van der Waals surface area contributed by atoms with E-state index in [1.165, 1.54) is 11.1 Å². The molecule has 0 bridgehead atoms. The van der Waals surface area contributed by atoms with Gasteiger partial charge in [0.05, 0.1) is 20.3 Å². The first-order valence-electron chi connectivity index (χ1n) is 13.2. The first-order valence-corrected chi connectivity index (χ1v) is 13.6. The van der Waals surface area contributed by atoms with Crippen LogP contribution >= 0.6 is 11.6 Å². The predicted octanol–water partition coefficient (Wildman–Crippen LogP) is 7.12. The fraction of sp³-hybridized carbons (Fsp3) is 0.242. The second kappa shape index (κ2) is 12.9. The molecule has 0 aliphatic carbocycles. The molecule has 0 spiro atoms. The van der Waals surface area contributed by atoms with Crippen LogP contribution in [0, 0.1) is 6.92 Å². The van der Waals surface area contributed by atoms with Crippen LogP contribution in [0.2, 0.25) is 5.15 Å². The van der Waals surface area contributed by atoms with Crippen molar-refractivity contribution in [3.63, 3.8) is 0 Å². The standard InChI is InChI=1S/C33H33ClN2O4/c1-22-15-29(37-2)31(40-21-24-9-12-33(34)36-19-24)16-25(22)10-11-28-27-18-30(38-3)32(17-26(27)13-14-35-28)39-20-23-7-5-4-6-8-23/h4-12,15-19,28,35H,13-14,20-21H2,1-3H3/b11-10+. The lowest BCUT2D eigenvalue weighted by atomic mass is 9.92. The van der Waals surface area contributed by atoms with Crippen LogP contribution in [-0.2, 0) is 19.6 Å². The maximum atomic E-state index is 6.16. The molecule has 0 fully saturated rings. The number of halogens is 1. The number of nitrogens with zero attached hydrogens (tertiary/aromatic N) is 1. The molecular formula is C33H33ClN2O4. The lowest BCUT2D eigenvalue weighted by molar-refractivity contribution is 0.283. The number of benzene rings is 3. The summed E-state index contributed by atoms with van der Waals surface area (Å²) in [5.41, 5.74) is 6.62. The number of pyridine rings is 1. The zero-order valence-electron chi connectivity index (χ0n) is 22.9. The number of methoxy groups -OCH3 is 2. The largest absolute Gasteiger partial charge is 0.493 e. The number of aryl methyl sites for hydroxylation is 1. The van der Waals surface area contributed by atoms with Gasteiger partial charge in [0.1, 0.15) is 18.4 Å². The Hall–Kier alpha value is -4.00. The van der Waals surface area contributed by atoms with Crippen molar-refractivity contribution in [2.24, 2.45) is 0 Å². The van der Waals surface area contributed by atoms with Crippen molar-refractivity contribution in [2.75, 3.05) is 20.8 Å². The average Bonchev–Trinajstić information content (AvgIpc) is 2.99. The smallest absolute Gasteiger partial charge is 0.162 e. The average molecular weight is 557 g/mol. The molecule has 3 aromatic carbocycles. The van der Waals surface area contributed by atoms with Gasteiger partial charge in [-0.1, -0.05) is 60.2 Å². The SMILES string of the molecule is COc1cc(C)c(/C=C/C2NCCc3cc(OCc4ccccc4)c(OC)cc32)cc1OCc1ccc(Cl)nc1. The topological polar surface area (TPSA) is 61.8 Å². The molecule has 0 radical (unpaired) electrons. The molecule has 1 aliphatic rings. The van der Waals surface area contributed by atoms with Crippen LogP contribution in [0.25, 0.3) is 6.08 Å². The van der Waals surface area contributed by atoms with Gasteiger partial charge >= 0.3 is 0 Å². The molecule has 0 amide bonds. The summed E-state index contributed by atoms with van der Waals surface area (Å²) in [6.45, 7) is 3.79. The fourth-order valence-electron chi connectivity index (χ4n) is 4.76. The third-order valence-corrected chi connectivity index (χ3v) is 7.18. The van der Waals surface area contributed by atoms with E-state index in [4.69, 9.17) is 30.5 Å². The third kappa shape index (κ3) is 6.58. The van der Waals surface area contributed by atoms with E-state index in [9.17, 15) is 0 Å². The molecule has 40 heavy (non-hydrogen) atoms. The Balaban J connectivity index is 1.35. The Morgan fingerprint density at radius 2 is 1.60 bits per heavy atom. The van der Waals surface area contributed by atoms with Gasteiger partial charge in [0.2, 0.25) is 0 Å². The van der Waals surface area contributed by atoms with Gasteiger partial charge in [0.25, 0.3) is 0 Å². The zero-order chi connectivity index (χ0) is 27.9. The van der Waals surface area contributed by atoms with Crippen molar-refractivity contribution in [2.45, 2.75) is 32.6 Å². The van der Waals surface area contributed by atoms with Crippen molar-refractivity contribution in [3.8, 4) is 23.0 Å². The van der Waals surface area contributed by atoms with Crippen LogP contribution in [0.15, 0.2) is 79.0 Å². The predicted molar refractivity (Wildman–Crippen MR) is 159 cm³/mol. The monoisotopic (exact) mass is 556 g/mol. The van der Waals surface area contributed by atoms with E-state index >= 15 is 0 Å². The highest BCUT2D eigenvalue weighted by molar-refractivity contribution is 6.29. The maximum absolute atomic E-state index is 6.16. The van der Waals surface area contributed by atoms with Crippen molar-refractivity contribution < 1.29 is 18.9 Å². The van der Waals surface area contributed by atoms with Gasteiger partial charge < -0.3 is 24.3 Å². The Morgan fingerprint density at radius 1 is 0.875 bits per heavy atom. The van der Waals surface area contributed by atoms with E-state index in [1.807, 2.05) is 36.4 Å². The maximum Gasteiger partial charge on any atom is 0.162 e. The lowest BCUT2D eigenvalue weighted by Crippen LogP contribution is -2.28. The molecule has 1 N–H and O–H groups in total. The van der Waals surface area contributed by atoms with Crippen LogP contribution in [0.1, 0.15) is 39.4 Å². The zero-order valence-corrected chi connectivity index (χ0v) is 23.7. The van der Waals surface area contributed by atoms with Crippen molar-refractivity contribution in [1.82, 2.24) is 10.3 Å². The van der Waals surface area contributed by atoms with Crippen molar-refractivity contribution in [1.29, 1.82) is 0 Å². The van der Waals surface area contributed by atoms with Crippen LogP contribution in [0.4, 0.5) is 0 Å². The minimum absolute atomic E-state index is 0.0341. The van der Waals surface area contributed by atoms with E-state index in [2.05, 4.69) is 53.6 Å². The molecule has 1 atom stereocenters. The molecule has 6 nitrogen and oxygen atoms in total. The molecule has 7 heteroatoms. The van der Waals surface area contributed by atoms with Gasteiger partial charge in [-0.15, -0.1) is 0 Å². The first kappa shape index (κ1) is 27.6. The van der Waals surface area contributed by atoms with E-state index in [1.54, 1.807) is 26.5 Å². The van der Waals surface area contributed by atoms with Gasteiger partial charge in [-0.25, -0.2) is 4.98 Å². The van der Waals surface area contributed by atoms with E-state index in [-0.39, 0.29) is 6.04 Å². The number of hydrogen-bond donors (Lipinski definition) is 1. The Kier molecular flexibility index (Phi) is 8.89. The fourth-order valence-corrected chi connectivity index (χ4v) is 4.87. The minimum atomic E-state index is 0.0341. The highest BCUT2D eigenvalue weighted by Crippen LogP contribution is 2.37. The van der Waals surface area contributed by atoms with Gasteiger partial charge in [-0.3, -0.25) is 0 Å². The number of rotatable bonds is 10. The van der Waals surface area contributed by atoms with Gasteiger partial charge in [0.15, 0.2) is 23.0 Å². The first-order chi connectivity index (χ1) is 19.5. The number of hydrogen-bond acceptors (Lipinski definition) is 6. The second-order valence-corrected chi connectivity index (χ2v) is 10.0. The summed E-state index contributed by atoms with van der Waals surface area (Å²) in [6, 6.07) is 22.1. The van der Waals surface area contributed by atoms with E-state index in [0.717, 1.165) is 46.7 Å². The summed E-state index contributed by atoms with van der Waals surface area (Å²) in [5, 5.41) is 4.08. The molecule has 5 rings (SSSR count). The Morgan fingerprint density at radius 3 is 2.33 bits per heavy atom. The van der Waals surface area contributed by atoms with Crippen LogP contribution < -0.4 is 24.3 Å². The highest BCUT2D eigenvalue weighted by Gasteiger charge is 2.21. The molecule has 4 aromatic rings. The van der Waals surface area contributed by atoms with E-state index in [0.29, 0.717) is 29.9 Å². The van der Waals surface area contributed by atoms with Crippen LogP contribution in [0.3, 0.4) is 0 Å². The van der Waals surface area contributed by atoms with Crippen molar-refractivity contribution >= 4 is 17.7 Å². The van der Waals surface area contributed by atoms with E-state index < -0.39 is 0 Å². The van der Waals surface area contributed by atoms with Crippen LogP contribution in [-0.4, -0.2) is 25.7 Å². The molecule has 1 aliphatic heterocycles. The molecule has 206 valence electrons. The molecule has 0 saturated heterocycles. The Labute approximate surface area is 240 Å². The number of fused-ring (bicyclic) bond motifs is 1. The second-order valence-electron chi connectivity index (χ2n) is 9.65. The van der Waals surface area contributed by atoms with Gasteiger partial charge in [-0.2, -0.15) is 0 Å². The molecule has 1 aromatic heterocycles. The Bertz CT molecular complexity index is 1470. The van der Waals surface area contributed by atoms with Gasteiger partial charge in [-0.05, 0) is 71.5 Å². The highest BCUT2D eigenvalue weighted by atomic mass is 35.5. The summed E-state index contributed by atoms with van der Waals surface area (Å²) < 4.78 is 23.6. The number of aromatic nitrogens is 1. The summed E-state index contributed by atoms with van der Waals surface area (Å²) in [6.07, 6.45) is 6.95. The summed E-state index contributed by atoms with van der Waals surface area (Å²) >= 11 is 5.91. The summed E-state index contributed by atoms with van der Waals surface area (Å²) in [7, 11) is 3.33. The summed E-state index contributed by atoms with van der Waals surface area (Å²) in [5.74, 6) is 2.84. The third-order valence-electron chi connectivity index (χ3n) is 6.96. The number of nitrogens with one attached hydrogen (secondary N) is 1. The lowest BCUT2D eigenvalue weighted by Gasteiger charge is -2.26.